The van der Waals surface area contributed by atoms with Crippen LogP contribution in [0.2, 0.25) is 10.0 Å². The second-order valence-electron chi connectivity index (χ2n) is 5.77. The van der Waals surface area contributed by atoms with Crippen molar-refractivity contribution in [2.24, 2.45) is 0 Å². The maximum absolute atomic E-state index is 12.2. The highest BCUT2D eigenvalue weighted by Crippen LogP contribution is 2.21. The number of anilines is 2. The molecule has 1 aliphatic rings. The molecule has 126 valence electrons. The zero-order valence-corrected chi connectivity index (χ0v) is 14.7. The maximum Gasteiger partial charge on any atom is 0.238 e. The van der Waals surface area contributed by atoms with Gasteiger partial charge in [0.15, 0.2) is 0 Å². The van der Waals surface area contributed by atoms with Gasteiger partial charge in [0.05, 0.1) is 17.3 Å². The van der Waals surface area contributed by atoms with Crippen LogP contribution in [0.1, 0.15) is 0 Å². The maximum atomic E-state index is 12.2. The van der Waals surface area contributed by atoms with Crippen molar-refractivity contribution in [1.29, 1.82) is 0 Å². The number of nitrogens with one attached hydrogen (secondary N) is 1. The Kier molecular flexibility index (Phi) is 5.61. The Morgan fingerprint density at radius 2 is 1.62 bits per heavy atom. The van der Waals surface area contributed by atoms with Gasteiger partial charge in [-0.25, -0.2) is 0 Å². The average Bonchev–Trinajstić information content (AvgIpc) is 2.58. The van der Waals surface area contributed by atoms with Gasteiger partial charge in [-0.2, -0.15) is 0 Å². The number of para-hydroxylation sites is 1. The Hall–Kier alpha value is -1.75. The smallest absolute Gasteiger partial charge is 0.238 e. The van der Waals surface area contributed by atoms with Crippen LogP contribution in [-0.4, -0.2) is 43.5 Å². The summed E-state index contributed by atoms with van der Waals surface area (Å²) in [5.41, 5.74) is 1.82. The van der Waals surface area contributed by atoms with E-state index in [0.29, 0.717) is 17.3 Å². The molecule has 3 rings (SSSR count). The van der Waals surface area contributed by atoms with E-state index in [1.807, 2.05) is 36.4 Å². The first-order chi connectivity index (χ1) is 11.6. The molecule has 1 amide bonds. The third kappa shape index (κ3) is 4.41. The van der Waals surface area contributed by atoms with Gasteiger partial charge in [-0.3, -0.25) is 9.69 Å². The molecule has 1 heterocycles. The highest BCUT2D eigenvalue weighted by Gasteiger charge is 2.19. The molecule has 2 aromatic rings. The molecule has 0 aromatic heterocycles. The van der Waals surface area contributed by atoms with E-state index in [9.17, 15) is 4.79 Å². The standard InChI is InChI=1S/C18H19Cl2N3O/c19-14-5-7-15(8-6-14)23-11-9-22(10-12-23)13-18(24)21-17-4-2-1-3-16(17)20/h1-8H,9-13H2,(H,21,24). The summed E-state index contributed by atoms with van der Waals surface area (Å²) in [6.07, 6.45) is 0. The third-order valence-electron chi connectivity index (χ3n) is 4.08. The summed E-state index contributed by atoms with van der Waals surface area (Å²) >= 11 is 12.0. The molecule has 4 nitrogen and oxygen atoms in total. The summed E-state index contributed by atoms with van der Waals surface area (Å²) in [6.45, 7) is 3.85. The van der Waals surface area contributed by atoms with Crippen LogP contribution in [0, 0.1) is 0 Å². The monoisotopic (exact) mass is 363 g/mol. The number of nitrogens with zero attached hydrogens (tertiary/aromatic N) is 2. The average molecular weight is 364 g/mol. The second kappa shape index (κ2) is 7.88. The zero-order chi connectivity index (χ0) is 16.9. The first-order valence-corrected chi connectivity index (χ1v) is 8.65. The number of piperazine rings is 1. The van der Waals surface area contributed by atoms with E-state index in [1.165, 1.54) is 5.69 Å². The fourth-order valence-corrected chi connectivity index (χ4v) is 3.08. The molecule has 0 radical (unpaired) electrons. The molecule has 0 atom stereocenters. The molecule has 1 aliphatic heterocycles. The van der Waals surface area contributed by atoms with Gasteiger partial charge < -0.3 is 10.2 Å². The van der Waals surface area contributed by atoms with Gasteiger partial charge in [-0.05, 0) is 36.4 Å². The fourth-order valence-electron chi connectivity index (χ4n) is 2.77. The third-order valence-corrected chi connectivity index (χ3v) is 4.66. The molecule has 1 N–H and O–H groups in total. The van der Waals surface area contributed by atoms with Crippen molar-refractivity contribution in [2.75, 3.05) is 42.9 Å². The summed E-state index contributed by atoms with van der Waals surface area (Å²) in [5, 5.41) is 4.16. The van der Waals surface area contributed by atoms with Gasteiger partial charge in [-0.1, -0.05) is 35.3 Å². The molecule has 6 heteroatoms. The van der Waals surface area contributed by atoms with E-state index in [1.54, 1.807) is 12.1 Å². The Morgan fingerprint density at radius 1 is 0.958 bits per heavy atom. The molecule has 0 bridgehead atoms. The van der Waals surface area contributed by atoms with E-state index < -0.39 is 0 Å². The topological polar surface area (TPSA) is 35.6 Å². The molecule has 2 aromatic carbocycles. The molecule has 1 saturated heterocycles. The lowest BCUT2D eigenvalue weighted by atomic mass is 10.2. The van der Waals surface area contributed by atoms with Gasteiger partial charge in [-0.15, -0.1) is 0 Å². The van der Waals surface area contributed by atoms with E-state index in [2.05, 4.69) is 15.1 Å². The fraction of sp³-hybridized carbons (Fsp3) is 0.278. The van der Waals surface area contributed by atoms with Crippen LogP contribution < -0.4 is 10.2 Å². The minimum Gasteiger partial charge on any atom is -0.369 e. The summed E-state index contributed by atoms with van der Waals surface area (Å²) in [5.74, 6) is -0.0388. The van der Waals surface area contributed by atoms with Crippen LogP contribution in [0.25, 0.3) is 0 Å². The number of halogens is 2. The Bertz CT molecular complexity index is 698. The summed E-state index contributed by atoms with van der Waals surface area (Å²) in [7, 11) is 0. The first kappa shape index (κ1) is 17.1. The molecule has 0 saturated carbocycles. The number of benzene rings is 2. The van der Waals surface area contributed by atoms with Crippen molar-refractivity contribution in [3.05, 3.63) is 58.6 Å². The largest absolute Gasteiger partial charge is 0.369 e. The van der Waals surface area contributed by atoms with Gasteiger partial charge in [0.1, 0.15) is 0 Å². The van der Waals surface area contributed by atoms with Crippen LogP contribution >= 0.6 is 23.2 Å². The summed E-state index contributed by atoms with van der Waals surface area (Å²) in [6, 6.07) is 15.1. The van der Waals surface area contributed by atoms with Crippen molar-refractivity contribution in [3.8, 4) is 0 Å². The van der Waals surface area contributed by atoms with E-state index >= 15 is 0 Å². The predicted molar refractivity (Wildman–Crippen MR) is 100 cm³/mol. The van der Waals surface area contributed by atoms with Crippen molar-refractivity contribution < 1.29 is 4.79 Å². The van der Waals surface area contributed by atoms with Gasteiger partial charge in [0.25, 0.3) is 0 Å². The minimum atomic E-state index is -0.0388. The number of carbonyl (C=O) groups excluding carboxylic acids is 1. The zero-order valence-electron chi connectivity index (χ0n) is 13.2. The van der Waals surface area contributed by atoms with Crippen LogP contribution in [0.5, 0.6) is 0 Å². The van der Waals surface area contributed by atoms with Crippen LogP contribution in [0.15, 0.2) is 48.5 Å². The lowest BCUT2D eigenvalue weighted by molar-refractivity contribution is -0.117. The lowest BCUT2D eigenvalue weighted by Crippen LogP contribution is -2.48. The number of hydrogen-bond acceptors (Lipinski definition) is 3. The van der Waals surface area contributed by atoms with Gasteiger partial charge in [0.2, 0.25) is 5.91 Å². The number of carbonyl (C=O) groups is 1. The quantitative estimate of drug-likeness (QED) is 0.898. The molecule has 0 spiro atoms. The molecule has 1 fully saturated rings. The lowest BCUT2D eigenvalue weighted by Gasteiger charge is -2.35. The summed E-state index contributed by atoms with van der Waals surface area (Å²) < 4.78 is 0. The normalized spacial score (nSPS) is 15.3. The minimum absolute atomic E-state index is 0.0388. The SMILES string of the molecule is O=C(CN1CCN(c2ccc(Cl)cc2)CC1)Nc1ccccc1Cl. The van der Waals surface area contributed by atoms with Crippen molar-refractivity contribution >= 4 is 40.5 Å². The second-order valence-corrected chi connectivity index (χ2v) is 6.61. The number of hydrogen-bond donors (Lipinski definition) is 1. The predicted octanol–water partition coefficient (Wildman–Crippen LogP) is 3.75. The molecular formula is C18H19Cl2N3O. The van der Waals surface area contributed by atoms with Crippen molar-refractivity contribution in [3.63, 3.8) is 0 Å². The number of rotatable bonds is 4. The van der Waals surface area contributed by atoms with Crippen LogP contribution in [0.4, 0.5) is 11.4 Å². The van der Waals surface area contributed by atoms with E-state index in [0.717, 1.165) is 31.2 Å². The molecule has 0 aliphatic carbocycles. The Morgan fingerprint density at radius 3 is 2.29 bits per heavy atom. The molecule has 0 unspecified atom stereocenters. The van der Waals surface area contributed by atoms with Crippen molar-refractivity contribution in [2.45, 2.75) is 0 Å². The highest BCUT2D eigenvalue weighted by atomic mass is 35.5. The molecule has 24 heavy (non-hydrogen) atoms. The summed E-state index contributed by atoms with van der Waals surface area (Å²) in [4.78, 5) is 16.6. The Balaban J connectivity index is 1.49. The molecular weight excluding hydrogens is 345 g/mol. The van der Waals surface area contributed by atoms with Crippen molar-refractivity contribution in [1.82, 2.24) is 4.90 Å². The van der Waals surface area contributed by atoms with E-state index in [4.69, 9.17) is 23.2 Å². The number of amides is 1. The van der Waals surface area contributed by atoms with Crippen LogP contribution in [0.3, 0.4) is 0 Å². The highest BCUT2D eigenvalue weighted by molar-refractivity contribution is 6.33. The van der Waals surface area contributed by atoms with Gasteiger partial charge >= 0.3 is 0 Å². The van der Waals surface area contributed by atoms with E-state index in [-0.39, 0.29) is 5.91 Å². The van der Waals surface area contributed by atoms with Gasteiger partial charge in [0, 0.05) is 36.9 Å². The first-order valence-electron chi connectivity index (χ1n) is 7.89. The van der Waals surface area contributed by atoms with Crippen LogP contribution in [-0.2, 0) is 4.79 Å². The Labute approximate surface area is 152 Å².